The number of aliphatic hydroxyl groups is 1. The zero-order chi connectivity index (χ0) is 14.0. The average Bonchev–Trinajstić information content (AvgIpc) is 2.35. The van der Waals surface area contributed by atoms with Crippen LogP contribution in [0.5, 0.6) is 5.75 Å². The molecule has 0 bridgehead atoms. The van der Waals surface area contributed by atoms with Crippen LogP contribution in [-0.4, -0.2) is 34.3 Å². The summed E-state index contributed by atoms with van der Waals surface area (Å²) in [5.74, 6) is -1.42. The average molecular weight is 263 g/mol. The predicted molar refractivity (Wildman–Crippen MR) is 65.2 cm³/mol. The van der Waals surface area contributed by atoms with E-state index in [0.29, 0.717) is 0 Å². The molecule has 0 unspecified atom stereocenters. The lowest BCUT2D eigenvalue weighted by Gasteiger charge is -2.25. The summed E-state index contributed by atoms with van der Waals surface area (Å²) in [5.41, 5.74) is 0.110. The predicted octanol–water partition coefficient (Wildman–Crippen LogP) is 0.312. The highest BCUT2D eigenvalue weighted by atomic mass is 16.6. The highest BCUT2D eigenvalue weighted by Gasteiger charge is 2.29. The molecule has 1 heterocycles. The Hall–Kier alpha value is -2.34. The maximum absolute atomic E-state index is 11.9. The number of carbonyl (C=O) groups excluding carboxylic acids is 2. The number of esters is 1. The molecule has 6 heteroatoms. The zero-order valence-electron chi connectivity index (χ0n) is 10.2. The van der Waals surface area contributed by atoms with E-state index < -0.39 is 24.1 Å². The summed E-state index contributed by atoms with van der Waals surface area (Å²) in [5, 5.41) is 21.7. The summed E-state index contributed by atoms with van der Waals surface area (Å²) < 4.78 is 4.77. The van der Waals surface area contributed by atoms with Crippen LogP contribution in [0.2, 0.25) is 0 Å². The minimum absolute atomic E-state index is 0.0528. The Morgan fingerprint density at radius 2 is 2.05 bits per heavy atom. The third-order valence-corrected chi connectivity index (χ3v) is 2.75. The normalized spacial score (nSPS) is 22.4. The van der Waals surface area contributed by atoms with E-state index in [0.717, 1.165) is 6.08 Å². The zero-order valence-corrected chi connectivity index (χ0v) is 10.2. The number of carbonyl (C=O) groups is 2. The van der Waals surface area contributed by atoms with Gasteiger partial charge in [0.25, 0.3) is 5.91 Å². The lowest BCUT2D eigenvalue weighted by molar-refractivity contribution is -0.148. The Bertz CT molecular complexity index is 552. The molecule has 100 valence electrons. The van der Waals surface area contributed by atoms with Crippen molar-refractivity contribution in [3.63, 3.8) is 0 Å². The van der Waals surface area contributed by atoms with Crippen LogP contribution in [0.15, 0.2) is 36.0 Å². The van der Waals surface area contributed by atoms with Crippen molar-refractivity contribution >= 4 is 11.9 Å². The molecule has 1 aromatic rings. The second kappa shape index (κ2) is 5.11. The molecule has 0 saturated carbocycles. The van der Waals surface area contributed by atoms with Gasteiger partial charge in [0.15, 0.2) is 0 Å². The first-order valence-corrected chi connectivity index (χ1v) is 5.68. The van der Waals surface area contributed by atoms with Crippen molar-refractivity contribution in [1.82, 2.24) is 5.32 Å². The molecular weight excluding hydrogens is 250 g/mol. The molecule has 0 fully saturated rings. The lowest BCUT2D eigenvalue weighted by atomic mass is 10.1. The van der Waals surface area contributed by atoms with Crippen LogP contribution in [0.1, 0.15) is 17.3 Å². The Labute approximate surface area is 109 Å². The monoisotopic (exact) mass is 263 g/mol. The van der Waals surface area contributed by atoms with Crippen molar-refractivity contribution in [3.05, 3.63) is 41.6 Å². The largest absolute Gasteiger partial charge is 0.507 e. The van der Waals surface area contributed by atoms with Gasteiger partial charge in [0.2, 0.25) is 0 Å². The number of aromatic hydroxyl groups is 1. The van der Waals surface area contributed by atoms with Crippen molar-refractivity contribution in [2.75, 3.05) is 0 Å². The number of nitrogens with one attached hydrogen (secondary N) is 1. The number of benzene rings is 1. The molecule has 0 spiro atoms. The van der Waals surface area contributed by atoms with Crippen LogP contribution in [0, 0.1) is 0 Å². The summed E-state index contributed by atoms with van der Waals surface area (Å²) in [6, 6.07) is 5.98. The molecule has 2 atom stereocenters. The summed E-state index contributed by atoms with van der Waals surface area (Å²) >= 11 is 0. The van der Waals surface area contributed by atoms with Gasteiger partial charge in [-0.15, -0.1) is 0 Å². The van der Waals surface area contributed by atoms with Gasteiger partial charge in [-0.1, -0.05) is 12.1 Å². The Morgan fingerprint density at radius 3 is 2.74 bits per heavy atom. The topological polar surface area (TPSA) is 95.9 Å². The molecule has 1 aliphatic rings. The number of hydrogen-bond acceptors (Lipinski definition) is 5. The third-order valence-electron chi connectivity index (χ3n) is 2.75. The van der Waals surface area contributed by atoms with Crippen molar-refractivity contribution in [2.24, 2.45) is 0 Å². The number of para-hydroxylation sites is 1. The standard InChI is InChI=1S/C13H13NO5/c1-7-12(17)9(6-11(16)19-7)14-13(18)8-4-2-3-5-10(8)15/h2-7,12,15,17H,1H3,(H,14,18)/t7-,12-/m1/s1. The third kappa shape index (κ3) is 2.74. The maximum Gasteiger partial charge on any atom is 0.332 e. The lowest BCUT2D eigenvalue weighted by Crippen LogP contribution is -2.41. The van der Waals surface area contributed by atoms with E-state index in [-0.39, 0.29) is 17.0 Å². The molecule has 1 amide bonds. The van der Waals surface area contributed by atoms with Crippen molar-refractivity contribution in [1.29, 1.82) is 0 Å². The van der Waals surface area contributed by atoms with Crippen molar-refractivity contribution in [2.45, 2.75) is 19.1 Å². The molecule has 19 heavy (non-hydrogen) atoms. The second-order valence-corrected chi connectivity index (χ2v) is 4.16. The summed E-state index contributed by atoms with van der Waals surface area (Å²) in [7, 11) is 0. The van der Waals surface area contributed by atoms with Gasteiger partial charge in [-0.2, -0.15) is 0 Å². The fraction of sp³-hybridized carbons (Fsp3) is 0.231. The number of phenols is 1. The molecule has 1 aliphatic heterocycles. The van der Waals surface area contributed by atoms with Crippen molar-refractivity contribution in [3.8, 4) is 5.75 Å². The number of amides is 1. The number of rotatable bonds is 2. The molecule has 0 radical (unpaired) electrons. The van der Waals surface area contributed by atoms with Gasteiger partial charge in [0.05, 0.1) is 11.3 Å². The first kappa shape index (κ1) is 13.1. The number of aliphatic hydroxyl groups excluding tert-OH is 1. The highest BCUT2D eigenvalue weighted by Crippen LogP contribution is 2.18. The van der Waals surface area contributed by atoms with Crippen LogP contribution >= 0.6 is 0 Å². The van der Waals surface area contributed by atoms with E-state index >= 15 is 0 Å². The number of phenolic OH excluding ortho intramolecular Hbond substituents is 1. The number of cyclic esters (lactones) is 1. The number of ether oxygens (including phenoxy) is 1. The van der Waals surface area contributed by atoms with E-state index in [1.165, 1.54) is 19.1 Å². The second-order valence-electron chi connectivity index (χ2n) is 4.16. The van der Waals surface area contributed by atoms with Gasteiger partial charge in [0.1, 0.15) is 18.0 Å². The minimum atomic E-state index is -1.10. The van der Waals surface area contributed by atoms with E-state index in [4.69, 9.17) is 4.74 Å². The van der Waals surface area contributed by atoms with Gasteiger partial charge < -0.3 is 20.3 Å². The summed E-state index contributed by atoms with van der Waals surface area (Å²) in [4.78, 5) is 23.1. The van der Waals surface area contributed by atoms with Crippen LogP contribution in [0.4, 0.5) is 0 Å². The minimum Gasteiger partial charge on any atom is -0.507 e. The molecule has 6 nitrogen and oxygen atoms in total. The molecule has 0 saturated heterocycles. The first-order valence-electron chi connectivity index (χ1n) is 5.68. The molecule has 0 aromatic heterocycles. The van der Waals surface area contributed by atoms with Gasteiger partial charge >= 0.3 is 5.97 Å². The van der Waals surface area contributed by atoms with Gasteiger partial charge in [0, 0.05) is 6.08 Å². The van der Waals surface area contributed by atoms with Crippen LogP contribution in [-0.2, 0) is 9.53 Å². The van der Waals surface area contributed by atoms with Gasteiger partial charge in [-0.3, -0.25) is 4.79 Å². The van der Waals surface area contributed by atoms with Gasteiger partial charge in [-0.05, 0) is 19.1 Å². The Morgan fingerprint density at radius 1 is 1.37 bits per heavy atom. The molecule has 1 aromatic carbocycles. The molecule has 0 aliphatic carbocycles. The fourth-order valence-electron chi connectivity index (χ4n) is 1.72. The smallest absolute Gasteiger partial charge is 0.332 e. The van der Waals surface area contributed by atoms with Crippen LogP contribution in [0.25, 0.3) is 0 Å². The Balaban J connectivity index is 2.19. The highest BCUT2D eigenvalue weighted by molar-refractivity contribution is 5.98. The summed E-state index contributed by atoms with van der Waals surface area (Å²) in [6.07, 6.45) is -0.826. The van der Waals surface area contributed by atoms with E-state index in [1.807, 2.05) is 0 Å². The van der Waals surface area contributed by atoms with E-state index in [9.17, 15) is 19.8 Å². The molecule has 3 N–H and O–H groups in total. The van der Waals surface area contributed by atoms with Crippen LogP contribution in [0.3, 0.4) is 0 Å². The molecular formula is C13H13NO5. The maximum atomic E-state index is 11.9. The van der Waals surface area contributed by atoms with Crippen molar-refractivity contribution < 1.29 is 24.5 Å². The van der Waals surface area contributed by atoms with E-state index in [2.05, 4.69) is 5.32 Å². The van der Waals surface area contributed by atoms with Gasteiger partial charge in [-0.25, -0.2) is 4.79 Å². The van der Waals surface area contributed by atoms with E-state index in [1.54, 1.807) is 12.1 Å². The summed E-state index contributed by atoms with van der Waals surface area (Å²) in [6.45, 7) is 1.52. The first-order chi connectivity index (χ1) is 8.99. The number of hydrogen-bond donors (Lipinski definition) is 3. The fourth-order valence-corrected chi connectivity index (χ4v) is 1.72. The SMILES string of the molecule is C[C@H]1OC(=O)C=C(NC(=O)c2ccccc2O)[C@@H]1O. The quantitative estimate of drug-likeness (QED) is 0.667. The molecule has 2 rings (SSSR count). The Kier molecular flexibility index (Phi) is 3.52. The van der Waals surface area contributed by atoms with Crippen LogP contribution < -0.4 is 5.32 Å².